The van der Waals surface area contributed by atoms with Gasteiger partial charge in [-0.15, -0.1) is 0 Å². The van der Waals surface area contributed by atoms with Crippen molar-refractivity contribution in [2.75, 3.05) is 18.1 Å². The Balaban J connectivity index is 1.88. The Morgan fingerprint density at radius 1 is 1.22 bits per heavy atom. The molecule has 2 aromatic rings. The maximum atomic E-state index is 6.75. The minimum absolute atomic E-state index is 0.175. The van der Waals surface area contributed by atoms with Gasteiger partial charge in [-0.25, -0.2) is 0 Å². The van der Waals surface area contributed by atoms with Gasteiger partial charge in [0.2, 0.25) is 0 Å². The van der Waals surface area contributed by atoms with Gasteiger partial charge in [-0.05, 0) is 79.3 Å². The molecule has 0 aromatic heterocycles. The van der Waals surface area contributed by atoms with Crippen LogP contribution in [-0.4, -0.2) is 7.05 Å². The molecular formula is C30H38N2. The first-order valence-corrected chi connectivity index (χ1v) is 11.7. The topological polar surface area (TPSA) is 38.0 Å². The molecule has 1 aliphatic rings. The highest BCUT2D eigenvalue weighted by atomic mass is 14.8. The van der Waals surface area contributed by atoms with Crippen LogP contribution >= 0.6 is 0 Å². The Labute approximate surface area is 194 Å². The van der Waals surface area contributed by atoms with E-state index in [0.717, 1.165) is 53.8 Å². The number of allylic oxidation sites excluding steroid dienone is 5. The lowest BCUT2D eigenvalue weighted by Gasteiger charge is -2.32. The highest BCUT2D eigenvalue weighted by Crippen LogP contribution is 2.41. The van der Waals surface area contributed by atoms with E-state index in [9.17, 15) is 0 Å². The van der Waals surface area contributed by atoms with Crippen molar-refractivity contribution in [1.29, 1.82) is 0 Å². The molecule has 2 heteroatoms. The molecule has 3 N–H and O–H groups in total. The highest BCUT2D eigenvalue weighted by Gasteiger charge is 2.27. The van der Waals surface area contributed by atoms with Gasteiger partial charge < -0.3 is 11.1 Å². The molecule has 0 amide bonds. The molecule has 32 heavy (non-hydrogen) atoms. The summed E-state index contributed by atoms with van der Waals surface area (Å²) in [5, 5.41) is 3.15. The largest absolute Gasteiger partial charge is 0.398 e. The van der Waals surface area contributed by atoms with Gasteiger partial charge >= 0.3 is 0 Å². The number of nitrogen functional groups attached to an aromatic ring is 1. The van der Waals surface area contributed by atoms with Crippen molar-refractivity contribution in [1.82, 2.24) is 0 Å². The number of fused-ring (bicyclic) bond motifs is 1. The lowest BCUT2D eigenvalue weighted by atomic mass is 9.73. The predicted octanol–water partition coefficient (Wildman–Crippen LogP) is 7.92. The van der Waals surface area contributed by atoms with Gasteiger partial charge in [-0.1, -0.05) is 74.6 Å². The fraction of sp³-hybridized carbons (Fsp3) is 0.333. The Hall–Kier alpha value is -3.00. The summed E-state index contributed by atoms with van der Waals surface area (Å²) >= 11 is 0. The van der Waals surface area contributed by atoms with Crippen molar-refractivity contribution in [2.45, 2.75) is 53.4 Å². The second-order valence-corrected chi connectivity index (χ2v) is 9.47. The third-order valence-electron chi connectivity index (χ3n) is 6.47. The lowest BCUT2D eigenvalue weighted by molar-refractivity contribution is 0.390. The number of nitrogens with two attached hydrogens (primary N) is 1. The molecular weight excluding hydrogens is 388 g/mol. The van der Waals surface area contributed by atoms with Crippen molar-refractivity contribution in [3.63, 3.8) is 0 Å². The molecule has 2 aromatic carbocycles. The van der Waals surface area contributed by atoms with Gasteiger partial charge in [0.05, 0.1) is 0 Å². The van der Waals surface area contributed by atoms with Gasteiger partial charge in [0, 0.05) is 29.5 Å². The molecule has 0 fully saturated rings. The molecule has 0 saturated heterocycles. The van der Waals surface area contributed by atoms with Gasteiger partial charge in [-0.2, -0.15) is 0 Å². The average molecular weight is 427 g/mol. The molecule has 0 aliphatic heterocycles. The number of benzene rings is 2. The van der Waals surface area contributed by atoms with Crippen molar-refractivity contribution in [3.05, 3.63) is 88.5 Å². The monoisotopic (exact) mass is 426 g/mol. The fourth-order valence-corrected chi connectivity index (χ4v) is 4.52. The summed E-state index contributed by atoms with van der Waals surface area (Å²) in [6.07, 6.45) is 15.4. The molecule has 1 unspecified atom stereocenters. The van der Waals surface area contributed by atoms with E-state index in [1.807, 2.05) is 7.05 Å². The van der Waals surface area contributed by atoms with Crippen LogP contribution in [0.15, 0.2) is 60.7 Å². The molecule has 0 heterocycles. The fourth-order valence-electron chi connectivity index (χ4n) is 4.52. The van der Waals surface area contributed by atoms with E-state index in [-0.39, 0.29) is 5.41 Å². The molecule has 0 bridgehead atoms. The van der Waals surface area contributed by atoms with E-state index in [2.05, 4.69) is 100 Å². The maximum Gasteiger partial charge on any atom is 0.0472 e. The zero-order valence-corrected chi connectivity index (χ0v) is 20.4. The van der Waals surface area contributed by atoms with Crippen LogP contribution in [0.2, 0.25) is 0 Å². The number of rotatable bonds is 8. The molecule has 2 nitrogen and oxygen atoms in total. The summed E-state index contributed by atoms with van der Waals surface area (Å²) in [4.78, 5) is 0. The minimum atomic E-state index is 0.175. The number of nitrogens with one attached hydrogen (secondary N) is 1. The molecule has 0 radical (unpaired) electrons. The zero-order valence-electron chi connectivity index (χ0n) is 20.4. The van der Waals surface area contributed by atoms with Crippen LogP contribution in [0, 0.1) is 5.41 Å². The average Bonchev–Trinajstić information content (AvgIpc) is 2.77. The van der Waals surface area contributed by atoms with E-state index >= 15 is 0 Å². The SMILES string of the molecule is C=C(/C=C/c1ccc(NC)cc1)c1c(CC)cc2c(c1N)C=CC(C)(CCC=C(C)C)C2. The lowest BCUT2D eigenvalue weighted by Crippen LogP contribution is -2.21. The summed E-state index contributed by atoms with van der Waals surface area (Å²) < 4.78 is 0. The summed E-state index contributed by atoms with van der Waals surface area (Å²) in [5.41, 5.74) is 17.3. The number of hydrogen-bond acceptors (Lipinski definition) is 2. The van der Waals surface area contributed by atoms with Crippen molar-refractivity contribution < 1.29 is 0 Å². The number of aryl methyl sites for hydroxylation is 1. The van der Waals surface area contributed by atoms with E-state index in [1.54, 1.807) is 0 Å². The summed E-state index contributed by atoms with van der Waals surface area (Å²) in [7, 11) is 1.93. The first-order chi connectivity index (χ1) is 15.3. The Kier molecular flexibility index (Phi) is 7.45. The van der Waals surface area contributed by atoms with Crippen LogP contribution in [0.25, 0.3) is 17.7 Å². The minimum Gasteiger partial charge on any atom is -0.398 e. The third kappa shape index (κ3) is 5.43. The number of anilines is 2. The van der Waals surface area contributed by atoms with Crippen LogP contribution in [0.1, 0.15) is 68.4 Å². The van der Waals surface area contributed by atoms with Crippen molar-refractivity contribution in [3.8, 4) is 0 Å². The van der Waals surface area contributed by atoms with E-state index < -0.39 is 0 Å². The third-order valence-corrected chi connectivity index (χ3v) is 6.47. The quantitative estimate of drug-likeness (QED) is 0.255. The molecule has 0 spiro atoms. The summed E-state index contributed by atoms with van der Waals surface area (Å²) in [6.45, 7) is 13.3. The second kappa shape index (κ2) is 10.1. The van der Waals surface area contributed by atoms with Crippen LogP contribution in [0.3, 0.4) is 0 Å². The molecule has 3 rings (SSSR count). The van der Waals surface area contributed by atoms with Gasteiger partial charge in [0.25, 0.3) is 0 Å². The molecule has 168 valence electrons. The predicted molar refractivity (Wildman–Crippen MR) is 144 cm³/mol. The van der Waals surface area contributed by atoms with Gasteiger partial charge in [-0.3, -0.25) is 0 Å². The van der Waals surface area contributed by atoms with Crippen molar-refractivity contribution in [2.24, 2.45) is 5.41 Å². The normalized spacial score (nSPS) is 17.3. The standard InChI is InChI=1S/C30H38N2/c1-7-24-19-25-20-30(5,17-8-9-21(2)3)18-16-27(25)29(31)28(24)22(4)10-11-23-12-14-26(32-6)15-13-23/h9-16,18-19,32H,4,7-8,17,20,31H2,1-3,5-6H3/b11-10+. The summed E-state index contributed by atoms with van der Waals surface area (Å²) in [6, 6.07) is 10.7. The van der Waals surface area contributed by atoms with Gasteiger partial charge in [0.1, 0.15) is 0 Å². The Morgan fingerprint density at radius 2 is 1.94 bits per heavy atom. The van der Waals surface area contributed by atoms with Gasteiger partial charge in [0.15, 0.2) is 0 Å². The highest BCUT2D eigenvalue weighted by molar-refractivity contribution is 5.89. The van der Waals surface area contributed by atoms with Crippen LogP contribution in [0.4, 0.5) is 11.4 Å². The second-order valence-electron chi connectivity index (χ2n) is 9.47. The zero-order chi connectivity index (χ0) is 23.3. The first kappa shape index (κ1) is 23.7. The Bertz CT molecular complexity index is 1060. The van der Waals surface area contributed by atoms with E-state index in [1.165, 1.54) is 22.3 Å². The van der Waals surface area contributed by atoms with Crippen LogP contribution in [-0.2, 0) is 12.8 Å². The van der Waals surface area contributed by atoms with Crippen LogP contribution in [0.5, 0.6) is 0 Å². The van der Waals surface area contributed by atoms with E-state index in [0.29, 0.717) is 0 Å². The molecule has 1 atom stereocenters. The smallest absolute Gasteiger partial charge is 0.0472 e. The first-order valence-electron chi connectivity index (χ1n) is 11.7. The maximum absolute atomic E-state index is 6.75. The van der Waals surface area contributed by atoms with E-state index in [4.69, 9.17) is 5.73 Å². The van der Waals surface area contributed by atoms with Crippen molar-refractivity contribution >= 4 is 29.1 Å². The Morgan fingerprint density at radius 3 is 2.56 bits per heavy atom. The summed E-state index contributed by atoms with van der Waals surface area (Å²) in [5.74, 6) is 0. The molecule has 0 saturated carbocycles. The number of hydrogen-bond donors (Lipinski definition) is 2. The molecule has 1 aliphatic carbocycles. The van der Waals surface area contributed by atoms with Crippen LogP contribution < -0.4 is 11.1 Å².